The number of ether oxygens (including phenoxy) is 1. The highest BCUT2D eigenvalue weighted by Gasteiger charge is 2.42. The quantitative estimate of drug-likeness (QED) is 0.373. The van der Waals surface area contributed by atoms with Crippen molar-refractivity contribution < 1.29 is 18.7 Å². The van der Waals surface area contributed by atoms with Crippen LogP contribution >= 0.6 is 0 Å². The second-order valence-electron chi connectivity index (χ2n) is 9.31. The van der Waals surface area contributed by atoms with Gasteiger partial charge in [-0.15, -0.1) is 0 Å². The van der Waals surface area contributed by atoms with Crippen molar-refractivity contribution in [2.75, 3.05) is 24.3 Å². The number of halogens is 1. The highest BCUT2D eigenvalue weighted by Crippen LogP contribution is 2.42. The van der Waals surface area contributed by atoms with Gasteiger partial charge in [0.15, 0.2) is 5.82 Å². The molecule has 2 aromatic heterocycles. The van der Waals surface area contributed by atoms with Crippen LogP contribution in [0.4, 0.5) is 15.9 Å². The van der Waals surface area contributed by atoms with Gasteiger partial charge in [-0.1, -0.05) is 0 Å². The van der Waals surface area contributed by atoms with Crippen LogP contribution in [0, 0.1) is 18.7 Å². The molecule has 2 saturated carbocycles. The molecule has 2 aliphatic rings. The number of hydrogen-bond donors (Lipinski definition) is 3. The number of amides is 2. The maximum absolute atomic E-state index is 14.6. The van der Waals surface area contributed by atoms with Crippen LogP contribution in [0.3, 0.4) is 0 Å². The molecule has 2 heterocycles. The van der Waals surface area contributed by atoms with Crippen LogP contribution in [0.2, 0.25) is 0 Å². The zero-order valence-electron chi connectivity index (χ0n) is 21.0. The molecule has 2 amide bonds. The van der Waals surface area contributed by atoms with Gasteiger partial charge < -0.3 is 21.1 Å². The molecule has 0 unspecified atom stereocenters. The number of pyridine rings is 1. The van der Waals surface area contributed by atoms with Gasteiger partial charge in [-0.05, 0) is 74.9 Å². The number of rotatable bonds is 9. The van der Waals surface area contributed by atoms with Crippen molar-refractivity contribution in [2.24, 2.45) is 11.7 Å². The van der Waals surface area contributed by atoms with E-state index >= 15 is 0 Å². The minimum absolute atomic E-state index is 0.000564. The van der Waals surface area contributed by atoms with Crippen molar-refractivity contribution in [2.45, 2.75) is 44.6 Å². The van der Waals surface area contributed by atoms with Crippen LogP contribution in [-0.4, -0.2) is 46.5 Å². The molecule has 194 valence electrons. The van der Waals surface area contributed by atoms with E-state index in [9.17, 15) is 9.18 Å². The average molecular weight is 507 g/mol. The third-order valence-corrected chi connectivity index (χ3v) is 6.60. The second kappa shape index (κ2) is 11.4. The average Bonchev–Trinajstić information content (AvgIpc) is 3.81. The Bertz CT molecular complexity index is 1280. The van der Waals surface area contributed by atoms with Crippen molar-refractivity contribution in [3.05, 3.63) is 54.1 Å². The zero-order valence-corrected chi connectivity index (χ0v) is 21.0. The first-order valence-electron chi connectivity index (χ1n) is 12.2. The van der Waals surface area contributed by atoms with Gasteiger partial charge in [0, 0.05) is 43.1 Å². The maximum Gasteiger partial charge on any atom is 0.228 e. The third-order valence-electron chi connectivity index (χ3n) is 6.60. The Hall–Kier alpha value is -3.92. The smallest absolute Gasteiger partial charge is 0.228 e. The Kier molecular flexibility index (Phi) is 8.08. The number of primary amides is 1. The fourth-order valence-corrected chi connectivity index (χ4v) is 4.06. The van der Waals surface area contributed by atoms with Crippen molar-refractivity contribution in [1.82, 2.24) is 15.0 Å². The second-order valence-corrected chi connectivity index (χ2v) is 9.31. The van der Waals surface area contributed by atoms with Gasteiger partial charge in [0.2, 0.25) is 12.3 Å². The first-order chi connectivity index (χ1) is 17.9. The Morgan fingerprint density at radius 3 is 2.62 bits per heavy atom. The molecule has 5 rings (SSSR count). The molecule has 0 saturated heterocycles. The molecule has 9 nitrogen and oxygen atoms in total. The number of carbonyl (C=O) groups is 2. The van der Waals surface area contributed by atoms with Crippen LogP contribution in [0.1, 0.15) is 37.7 Å². The van der Waals surface area contributed by atoms with Gasteiger partial charge in [-0.3, -0.25) is 9.59 Å². The van der Waals surface area contributed by atoms with E-state index < -0.39 is 0 Å². The summed E-state index contributed by atoms with van der Waals surface area (Å²) in [5, 5.41) is 6.08. The molecule has 0 radical (unpaired) electrons. The molecule has 2 aliphatic carbocycles. The molecule has 10 heteroatoms. The summed E-state index contributed by atoms with van der Waals surface area (Å²) in [5.41, 5.74) is 7.63. The molecule has 0 spiro atoms. The fourth-order valence-electron chi connectivity index (χ4n) is 4.06. The number of nitrogens with zero attached hydrogens (tertiary/aromatic N) is 3. The molecule has 4 N–H and O–H groups in total. The molecular weight excluding hydrogens is 475 g/mol. The van der Waals surface area contributed by atoms with E-state index in [0.29, 0.717) is 29.6 Å². The zero-order chi connectivity index (χ0) is 26.4. The monoisotopic (exact) mass is 506 g/mol. The number of carbonyl (C=O) groups excluding carboxylic acids is 2. The number of methoxy groups -OCH3 is 1. The maximum atomic E-state index is 14.6. The molecule has 3 aromatic rings. The highest BCUT2D eigenvalue weighted by molar-refractivity contribution is 5.93. The van der Waals surface area contributed by atoms with Crippen molar-refractivity contribution in [3.63, 3.8) is 0 Å². The van der Waals surface area contributed by atoms with Crippen LogP contribution in [0.25, 0.3) is 22.6 Å². The molecule has 37 heavy (non-hydrogen) atoms. The van der Waals surface area contributed by atoms with Crippen LogP contribution < -0.4 is 16.4 Å². The van der Waals surface area contributed by atoms with Gasteiger partial charge in [0.05, 0.1) is 17.0 Å². The van der Waals surface area contributed by atoms with Gasteiger partial charge in [-0.25, -0.2) is 19.3 Å². The number of anilines is 2. The van der Waals surface area contributed by atoms with Gasteiger partial charge in [0.1, 0.15) is 11.6 Å². The van der Waals surface area contributed by atoms with E-state index in [2.05, 4.69) is 26.3 Å². The van der Waals surface area contributed by atoms with E-state index in [1.165, 1.54) is 6.07 Å². The van der Waals surface area contributed by atoms with E-state index in [0.717, 1.165) is 48.8 Å². The normalized spacial score (nSPS) is 15.2. The summed E-state index contributed by atoms with van der Waals surface area (Å²) in [4.78, 5) is 34.1. The number of aryl methyl sites for hydroxylation is 1. The van der Waals surface area contributed by atoms with Crippen LogP contribution in [0.5, 0.6) is 0 Å². The third kappa shape index (κ3) is 6.65. The number of nitrogens with two attached hydrogens (primary N) is 1. The summed E-state index contributed by atoms with van der Waals surface area (Å²) in [6.07, 6.45) is 8.37. The number of hydrogen-bond acceptors (Lipinski definition) is 7. The molecular formula is C27H31FN6O3. The van der Waals surface area contributed by atoms with E-state index in [4.69, 9.17) is 14.5 Å². The first-order valence-corrected chi connectivity index (χ1v) is 12.2. The SMILES string of the molecule is COC1(CCNc2cc(-c3ccnc(-c4ccnc(NC(=O)C5CC5)c4)n3)c(C)cc2F)CC1.NC=O. The van der Waals surface area contributed by atoms with Crippen molar-refractivity contribution in [3.8, 4) is 22.6 Å². The summed E-state index contributed by atoms with van der Waals surface area (Å²) in [6, 6.07) is 8.72. The molecule has 1 aromatic carbocycles. The standard InChI is InChI=1S/C26H28FN5O2.CH3NO/c1-16-13-20(27)22(28-12-9-26(34-2)7-8-26)15-19(16)21-6-11-30-24(31-21)18-5-10-29-23(14-18)32-25(33)17-3-4-17;2-1-3/h5-6,10-11,13-15,17,28H,3-4,7-9,12H2,1-2H3,(H,29,32,33);1H,(H2,2,3). The lowest BCUT2D eigenvalue weighted by atomic mass is 10.0. The van der Waals surface area contributed by atoms with E-state index in [1.54, 1.807) is 37.7 Å². The topological polar surface area (TPSA) is 132 Å². The van der Waals surface area contributed by atoms with Crippen LogP contribution in [-0.2, 0) is 14.3 Å². The Morgan fingerprint density at radius 1 is 1.22 bits per heavy atom. The first kappa shape index (κ1) is 26.2. The van der Waals surface area contributed by atoms with E-state index in [1.807, 2.05) is 13.0 Å². The lowest BCUT2D eigenvalue weighted by Gasteiger charge is -2.16. The lowest BCUT2D eigenvalue weighted by molar-refractivity contribution is -0.117. The molecule has 0 aliphatic heterocycles. The minimum Gasteiger partial charge on any atom is -0.383 e. The minimum atomic E-state index is -0.289. The van der Waals surface area contributed by atoms with Gasteiger partial charge in [-0.2, -0.15) is 0 Å². The Morgan fingerprint density at radius 2 is 1.95 bits per heavy atom. The van der Waals surface area contributed by atoms with Crippen molar-refractivity contribution >= 4 is 23.8 Å². The van der Waals surface area contributed by atoms with Gasteiger partial charge in [0.25, 0.3) is 0 Å². The number of aromatic nitrogens is 3. The highest BCUT2D eigenvalue weighted by atomic mass is 19.1. The summed E-state index contributed by atoms with van der Waals surface area (Å²) in [6.45, 7) is 2.50. The summed E-state index contributed by atoms with van der Waals surface area (Å²) in [7, 11) is 1.73. The summed E-state index contributed by atoms with van der Waals surface area (Å²) in [5.74, 6) is 0.800. The van der Waals surface area contributed by atoms with Gasteiger partial charge >= 0.3 is 0 Å². The molecule has 2 fully saturated rings. The Balaban J connectivity index is 0.00000102. The van der Waals surface area contributed by atoms with E-state index in [-0.39, 0.29) is 29.7 Å². The Labute approximate surface area is 215 Å². The molecule has 0 bridgehead atoms. The summed E-state index contributed by atoms with van der Waals surface area (Å²) < 4.78 is 20.2. The molecule has 0 atom stereocenters. The number of nitrogens with one attached hydrogen (secondary N) is 2. The predicted molar refractivity (Wildman–Crippen MR) is 139 cm³/mol. The van der Waals surface area contributed by atoms with Crippen molar-refractivity contribution in [1.29, 1.82) is 0 Å². The number of benzene rings is 1. The largest absolute Gasteiger partial charge is 0.383 e. The predicted octanol–water partition coefficient (Wildman–Crippen LogP) is 4.08. The lowest BCUT2D eigenvalue weighted by Crippen LogP contribution is -2.17. The fraction of sp³-hybridized carbons (Fsp3) is 0.370. The van der Waals surface area contributed by atoms with Crippen LogP contribution in [0.15, 0.2) is 42.7 Å². The summed E-state index contributed by atoms with van der Waals surface area (Å²) >= 11 is 0.